The van der Waals surface area contributed by atoms with Crippen LogP contribution in [0, 0.1) is 5.82 Å². The van der Waals surface area contributed by atoms with E-state index in [4.69, 9.17) is 16.7 Å². The van der Waals surface area contributed by atoms with Gasteiger partial charge in [0.1, 0.15) is 11.4 Å². The lowest BCUT2D eigenvalue weighted by atomic mass is 10.0. The van der Waals surface area contributed by atoms with Crippen LogP contribution in [0.2, 0.25) is 5.02 Å². The van der Waals surface area contributed by atoms with Crippen LogP contribution in [0.3, 0.4) is 0 Å². The minimum absolute atomic E-state index is 0.0481. The van der Waals surface area contributed by atoms with Gasteiger partial charge in [0.15, 0.2) is 0 Å². The Balaban J connectivity index is 3.11. The standard InChI is InChI=1S/C12H13ClFNO3/c1-12(2,11(17)18)15(3)10(16)8-5-4-7(14)6-9(8)13/h4-6H,1-3H3,(H,17,18). The van der Waals surface area contributed by atoms with Gasteiger partial charge in [0.05, 0.1) is 10.6 Å². The van der Waals surface area contributed by atoms with E-state index in [-0.39, 0.29) is 10.6 Å². The summed E-state index contributed by atoms with van der Waals surface area (Å²) in [5, 5.41) is 8.99. The summed E-state index contributed by atoms with van der Waals surface area (Å²) in [5.74, 6) is -2.28. The molecule has 0 aliphatic rings. The highest BCUT2D eigenvalue weighted by Crippen LogP contribution is 2.22. The minimum Gasteiger partial charge on any atom is -0.480 e. The van der Waals surface area contributed by atoms with Crippen LogP contribution in [0.1, 0.15) is 24.2 Å². The van der Waals surface area contributed by atoms with Crippen molar-refractivity contribution in [1.82, 2.24) is 4.90 Å². The van der Waals surface area contributed by atoms with Crippen molar-refractivity contribution in [2.75, 3.05) is 7.05 Å². The van der Waals surface area contributed by atoms with Gasteiger partial charge >= 0.3 is 5.97 Å². The molecule has 98 valence electrons. The molecular weight excluding hydrogens is 261 g/mol. The monoisotopic (exact) mass is 273 g/mol. The Morgan fingerprint density at radius 2 is 1.94 bits per heavy atom. The third kappa shape index (κ3) is 2.61. The van der Waals surface area contributed by atoms with Gasteiger partial charge in [-0.15, -0.1) is 0 Å². The van der Waals surface area contributed by atoms with Crippen molar-refractivity contribution in [3.63, 3.8) is 0 Å². The minimum atomic E-state index is -1.38. The van der Waals surface area contributed by atoms with Gasteiger partial charge in [-0.2, -0.15) is 0 Å². The number of rotatable bonds is 3. The number of amides is 1. The number of carboxylic acids is 1. The van der Waals surface area contributed by atoms with Gasteiger partial charge in [0.25, 0.3) is 5.91 Å². The number of carbonyl (C=O) groups excluding carboxylic acids is 1. The van der Waals surface area contributed by atoms with Crippen LogP contribution in [0.15, 0.2) is 18.2 Å². The molecule has 0 aromatic heterocycles. The Hall–Kier alpha value is -1.62. The average molecular weight is 274 g/mol. The molecule has 18 heavy (non-hydrogen) atoms. The first kappa shape index (κ1) is 14.4. The van der Waals surface area contributed by atoms with Gasteiger partial charge in [0, 0.05) is 7.05 Å². The Kier molecular flexibility index (Phi) is 3.96. The Bertz CT molecular complexity index is 502. The van der Waals surface area contributed by atoms with Crippen LogP contribution in [0.4, 0.5) is 4.39 Å². The summed E-state index contributed by atoms with van der Waals surface area (Å²) >= 11 is 5.76. The molecule has 1 N–H and O–H groups in total. The molecule has 0 saturated carbocycles. The van der Waals surface area contributed by atoms with Crippen molar-refractivity contribution >= 4 is 23.5 Å². The Labute approximate surface area is 109 Å². The Morgan fingerprint density at radius 1 is 1.39 bits per heavy atom. The van der Waals surface area contributed by atoms with Gasteiger partial charge in [-0.1, -0.05) is 11.6 Å². The van der Waals surface area contributed by atoms with Crippen molar-refractivity contribution in [3.05, 3.63) is 34.6 Å². The molecule has 0 atom stereocenters. The SMILES string of the molecule is CN(C(=O)c1ccc(F)cc1Cl)C(C)(C)C(=O)O. The molecule has 0 unspecified atom stereocenters. The van der Waals surface area contributed by atoms with E-state index in [1.807, 2.05) is 0 Å². The summed E-state index contributed by atoms with van der Waals surface area (Å²) in [6, 6.07) is 3.34. The number of nitrogens with zero attached hydrogens (tertiary/aromatic N) is 1. The van der Waals surface area contributed by atoms with E-state index in [0.717, 1.165) is 17.0 Å². The molecule has 6 heteroatoms. The molecule has 0 bridgehead atoms. The summed E-state index contributed by atoms with van der Waals surface area (Å²) in [5.41, 5.74) is -1.32. The second-order valence-corrected chi connectivity index (χ2v) is 4.76. The number of likely N-dealkylation sites (N-methyl/N-ethyl adjacent to an activating group) is 1. The topological polar surface area (TPSA) is 57.6 Å². The van der Waals surface area contributed by atoms with Crippen molar-refractivity contribution in [3.8, 4) is 0 Å². The van der Waals surface area contributed by atoms with Gasteiger partial charge in [-0.05, 0) is 32.0 Å². The van der Waals surface area contributed by atoms with Gasteiger partial charge in [-0.3, -0.25) is 4.79 Å². The molecule has 4 nitrogen and oxygen atoms in total. The van der Waals surface area contributed by atoms with Gasteiger partial charge in [-0.25, -0.2) is 9.18 Å². The fourth-order valence-electron chi connectivity index (χ4n) is 1.24. The lowest BCUT2D eigenvalue weighted by Gasteiger charge is -2.31. The number of carboxylic acid groups (broad SMARTS) is 1. The Morgan fingerprint density at radius 3 is 2.39 bits per heavy atom. The largest absolute Gasteiger partial charge is 0.480 e. The summed E-state index contributed by atoms with van der Waals surface area (Å²) < 4.78 is 12.9. The number of aliphatic carboxylic acids is 1. The number of carbonyl (C=O) groups is 2. The first-order valence-corrected chi connectivity index (χ1v) is 5.52. The van der Waals surface area contributed by atoms with Crippen molar-refractivity contribution < 1.29 is 19.1 Å². The molecular formula is C12H13ClFNO3. The number of hydrogen-bond acceptors (Lipinski definition) is 2. The summed E-state index contributed by atoms with van der Waals surface area (Å²) in [6.07, 6.45) is 0. The molecule has 1 aromatic rings. The molecule has 0 saturated heterocycles. The number of halogens is 2. The highest BCUT2D eigenvalue weighted by atomic mass is 35.5. The smallest absolute Gasteiger partial charge is 0.329 e. The summed E-state index contributed by atoms with van der Waals surface area (Å²) in [6.45, 7) is 2.79. The van der Waals surface area contributed by atoms with Crippen LogP contribution >= 0.6 is 11.6 Å². The van der Waals surface area contributed by atoms with E-state index in [0.29, 0.717) is 0 Å². The maximum atomic E-state index is 12.9. The van der Waals surface area contributed by atoms with Crippen LogP contribution in [0.25, 0.3) is 0 Å². The predicted molar refractivity (Wildman–Crippen MR) is 65.2 cm³/mol. The maximum Gasteiger partial charge on any atom is 0.329 e. The summed E-state index contributed by atoms with van der Waals surface area (Å²) in [4.78, 5) is 24.2. The number of benzene rings is 1. The fourth-order valence-corrected chi connectivity index (χ4v) is 1.49. The van der Waals surface area contributed by atoms with E-state index in [1.165, 1.54) is 27.0 Å². The molecule has 0 heterocycles. The molecule has 1 amide bonds. The second-order valence-electron chi connectivity index (χ2n) is 4.35. The lowest BCUT2D eigenvalue weighted by molar-refractivity contribution is -0.147. The highest BCUT2D eigenvalue weighted by molar-refractivity contribution is 6.33. The van der Waals surface area contributed by atoms with Crippen molar-refractivity contribution in [1.29, 1.82) is 0 Å². The lowest BCUT2D eigenvalue weighted by Crippen LogP contribution is -2.50. The van der Waals surface area contributed by atoms with E-state index in [2.05, 4.69) is 0 Å². The van der Waals surface area contributed by atoms with E-state index >= 15 is 0 Å². The molecule has 0 aliphatic carbocycles. The summed E-state index contributed by atoms with van der Waals surface area (Å²) in [7, 11) is 1.36. The third-order valence-electron chi connectivity index (χ3n) is 2.83. The van der Waals surface area contributed by atoms with Gasteiger partial charge in [0.2, 0.25) is 0 Å². The molecule has 1 aromatic carbocycles. The zero-order valence-corrected chi connectivity index (χ0v) is 11.0. The zero-order chi connectivity index (χ0) is 14.1. The zero-order valence-electron chi connectivity index (χ0n) is 10.2. The second kappa shape index (κ2) is 4.94. The first-order valence-electron chi connectivity index (χ1n) is 5.14. The fraction of sp³-hybridized carbons (Fsp3) is 0.333. The van der Waals surface area contributed by atoms with Crippen molar-refractivity contribution in [2.24, 2.45) is 0 Å². The molecule has 1 rings (SSSR count). The van der Waals surface area contributed by atoms with Crippen LogP contribution < -0.4 is 0 Å². The van der Waals surface area contributed by atoms with E-state index < -0.39 is 23.2 Å². The van der Waals surface area contributed by atoms with Crippen LogP contribution in [-0.2, 0) is 4.79 Å². The average Bonchev–Trinajstić information content (AvgIpc) is 2.26. The number of hydrogen-bond donors (Lipinski definition) is 1. The van der Waals surface area contributed by atoms with Gasteiger partial charge < -0.3 is 10.0 Å². The molecule has 0 fully saturated rings. The van der Waals surface area contributed by atoms with E-state index in [9.17, 15) is 14.0 Å². The van der Waals surface area contributed by atoms with Crippen LogP contribution in [-0.4, -0.2) is 34.5 Å². The van der Waals surface area contributed by atoms with Crippen molar-refractivity contribution in [2.45, 2.75) is 19.4 Å². The quantitative estimate of drug-likeness (QED) is 0.920. The molecule has 0 spiro atoms. The molecule has 0 aliphatic heterocycles. The first-order chi connectivity index (χ1) is 8.17. The normalized spacial score (nSPS) is 11.2. The molecule has 0 radical (unpaired) electrons. The van der Waals surface area contributed by atoms with E-state index in [1.54, 1.807) is 0 Å². The predicted octanol–water partition coefficient (Wildman–Crippen LogP) is 2.41. The highest BCUT2D eigenvalue weighted by Gasteiger charge is 2.36. The third-order valence-corrected chi connectivity index (χ3v) is 3.14. The maximum absolute atomic E-state index is 12.9. The van der Waals surface area contributed by atoms with Crippen LogP contribution in [0.5, 0.6) is 0 Å².